The molecule has 7 heteroatoms. The van der Waals surface area contributed by atoms with Crippen LogP contribution in [-0.4, -0.2) is 24.9 Å². The number of hydrogen-bond donors (Lipinski definition) is 0. The Morgan fingerprint density at radius 3 is 2.20 bits per heavy atom. The van der Waals surface area contributed by atoms with Gasteiger partial charge in [-0.3, -0.25) is 4.79 Å². The van der Waals surface area contributed by atoms with E-state index in [4.69, 9.17) is 4.74 Å². The Morgan fingerprint density at radius 1 is 1.20 bits per heavy atom. The lowest BCUT2D eigenvalue weighted by Crippen LogP contribution is -2.70. The maximum atomic E-state index is 13.7. The summed E-state index contributed by atoms with van der Waals surface area (Å²) in [5, 5.41) is 0. The van der Waals surface area contributed by atoms with Crippen LogP contribution in [0.1, 0.15) is 18.9 Å². The summed E-state index contributed by atoms with van der Waals surface area (Å²) in [5.41, 5.74) is -2.81. The average Bonchev–Trinajstić information content (AvgIpc) is 2.39. The van der Waals surface area contributed by atoms with Crippen LogP contribution in [0.25, 0.3) is 0 Å². The molecule has 3 nitrogen and oxygen atoms in total. The zero-order valence-electron chi connectivity index (χ0n) is 10.5. The van der Waals surface area contributed by atoms with Crippen LogP contribution < -0.4 is 4.74 Å². The maximum Gasteiger partial charge on any atom is 0.353 e. The highest BCUT2D eigenvalue weighted by atomic mass is 19.3. The zero-order valence-corrected chi connectivity index (χ0v) is 10.5. The molecule has 0 spiro atoms. The molecule has 1 aromatic carbocycles. The Hall–Kier alpha value is -1.79. The summed E-state index contributed by atoms with van der Waals surface area (Å²) in [6.07, 6.45) is -1.25. The van der Waals surface area contributed by atoms with Gasteiger partial charge in [0.05, 0.1) is 13.0 Å². The summed E-state index contributed by atoms with van der Waals surface area (Å²) < 4.78 is 63.0. The molecule has 1 aliphatic carbocycles. The third kappa shape index (κ3) is 1.83. The Bertz CT molecular complexity index is 501. The van der Waals surface area contributed by atoms with Gasteiger partial charge in [-0.05, 0) is 19.1 Å². The first-order chi connectivity index (χ1) is 9.30. The smallest absolute Gasteiger partial charge is 0.353 e. The van der Waals surface area contributed by atoms with Crippen molar-refractivity contribution in [1.29, 1.82) is 0 Å². The molecule has 0 N–H and O–H groups in total. The first kappa shape index (κ1) is 14.6. The number of ether oxygens (including phenoxy) is 2. The highest BCUT2D eigenvalue weighted by Gasteiger charge is 2.83. The average molecular weight is 292 g/mol. The molecule has 0 heterocycles. The van der Waals surface area contributed by atoms with Crippen molar-refractivity contribution in [3.05, 3.63) is 29.8 Å². The molecule has 110 valence electrons. The number of halogens is 4. The summed E-state index contributed by atoms with van der Waals surface area (Å²) in [6, 6.07) is 5.11. The van der Waals surface area contributed by atoms with Crippen LogP contribution >= 0.6 is 0 Å². The Labute approximate surface area is 112 Å². The molecular formula is C13H12F4O3. The predicted octanol–water partition coefficient (Wildman–Crippen LogP) is 3.13. The number of hydrogen-bond acceptors (Lipinski definition) is 3. The standard InChI is InChI=1S/C13H12F4O3/c1-2-19-10-5-3-9(4-6-10)11(20-8-18)7-12(14,15)13(11,16)17/h3-6,8H,2,7H2,1H3. The van der Waals surface area contributed by atoms with Crippen molar-refractivity contribution < 1.29 is 31.8 Å². The minimum Gasteiger partial charge on any atom is -0.494 e. The highest BCUT2D eigenvalue weighted by Crippen LogP contribution is 2.64. The summed E-state index contributed by atoms with van der Waals surface area (Å²) in [7, 11) is 0. The van der Waals surface area contributed by atoms with Crippen molar-refractivity contribution in [2.24, 2.45) is 0 Å². The molecule has 1 saturated carbocycles. The van der Waals surface area contributed by atoms with Gasteiger partial charge in [-0.1, -0.05) is 12.1 Å². The van der Waals surface area contributed by atoms with E-state index in [1.54, 1.807) is 6.92 Å². The van der Waals surface area contributed by atoms with Gasteiger partial charge in [0.15, 0.2) is 0 Å². The first-order valence-corrected chi connectivity index (χ1v) is 5.91. The van der Waals surface area contributed by atoms with Crippen LogP contribution in [0.4, 0.5) is 17.6 Å². The van der Waals surface area contributed by atoms with E-state index >= 15 is 0 Å². The summed E-state index contributed by atoms with van der Waals surface area (Å²) in [6.45, 7) is 1.88. The minimum atomic E-state index is -4.45. The first-order valence-electron chi connectivity index (χ1n) is 5.91. The highest BCUT2D eigenvalue weighted by molar-refractivity contribution is 5.45. The van der Waals surface area contributed by atoms with Crippen molar-refractivity contribution in [2.75, 3.05) is 6.61 Å². The molecule has 1 fully saturated rings. The van der Waals surface area contributed by atoms with Crippen molar-refractivity contribution in [3.8, 4) is 5.75 Å². The molecule has 20 heavy (non-hydrogen) atoms. The topological polar surface area (TPSA) is 35.5 Å². The largest absolute Gasteiger partial charge is 0.494 e. The number of alkyl halides is 4. The maximum absolute atomic E-state index is 13.7. The molecule has 1 aromatic rings. The molecule has 1 unspecified atom stereocenters. The summed E-state index contributed by atoms with van der Waals surface area (Å²) in [5.74, 6) is -8.24. The Balaban J connectivity index is 2.38. The van der Waals surface area contributed by atoms with E-state index in [2.05, 4.69) is 4.74 Å². The summed E-state index contributed by atoms with van der Waals surface area (Å²) in [4.78, 5) is 10.4. The normalized spacial score (nSPS) is 26.4. The van der Waals surface area contributed by atoms with Gasteiger partial charge in [0.2, 0.25) is 5.60 Å². The predicted molar refractivity (Wildman–Crippen MR) is 60.9 cm³/mol. The van der Waals surface area contributed by atoms with Gasteiger partial charge < -0.3 is 9.47 Å². The van der Waals surface area contributed by atoms with Crippen molar-refractivity contribution in [1.82, 2.24) is 0 Å². The van der Waals surface area contributed by atoms with Gasteiger partial charge in [-0.25, -0.2) is 0 Å². The number of benzene rings is 1. The van der Waals surface area contributed by atoms with E-state index in [1.807, 2.05) is 0 Å². The molecule has 0 bridgehead atoms. The number of rotatable bonds is 5. The lowest BCUT2D eigenvalue weighted by atomic mass is 9.68. The van der Waals surface area contributed by atoms with Crippen LogP contribution in [0.2, 0.25) is 0 Å². The van der Waals surface area contributed by atoms with Gasteiger partial charge in [0.25, 0.3) is 6.47 Å². The Kier molecular flexibility index (Phi) is 3.39. The van der Waals surface area contributed by atoms with Gasteiger partial charge in [0, 0.05) is 5.56 Å². The van der Waals surface area contributed by atoms with Crippen LogP contribution in [0.3, 0.4) is 0 Å². The second-order valence-electron chi connectivity index (χ2n) is 4.45. The molecule has 0 saturated heterocycles. The monoisotopic (exact) mass is 292 g/mol. The molecular weight excluding hydrogens is 280 g/mol. The van der Waals surface area contributed by atoms with Crippen molar-refractivity contribution >= 4 is 6.47 Å². The SMILES string of the molecule is CCOc1ccc(C2(OC=O)CC(F)(F)C2(F)F)cc1. The molecule has 1 aliphatic rings. The number of carbonyl (C=O) groups is 1. The lowest BCUT2D eigenvalue weighted by molar-refractivity contribution is -0.384. The van der Waals surface area contributed by atoms with E-state index in [9.17, 15) is 22.4 Å². The van der Waals surface area contributed by atoms with E-state index < -0.39 is 23.9 Å². The van der Waals surface area contributed by atoms with E-state index in [0.717, 1.165) is 0 Å². The minimum absolute atomic E-state index is 0.191. The van der Waals surface area contributed by atoms with Gasteiger partial charge in [-0.15, -0.1) is 0 Å². The van der Waals surface area contributed by atoms with Gasteiger partial charge >= 0.3 is 11.8 Å². The zero-order chi connectivity index (χ0) is 15.0. The second-order valence-corrected chi connectivity index (χ2v) is 4.45. The fraction of sp³-hybridized carbons (Fsp3) is 0.462. The fourth-order valence-corrected chi connectivity index (χ4v) is 2.26. The number of carbonyl (C=O) groups excluding carboxylic acids is 1. The molecule has 0 radical (unpaired) electrons. The third-order valence-corrected chi connectivity index (χ3v) is 3.32. The van der Waals surface area contributed by atoms with E-state index in [-0.39, 0.29) is 12.0 Å². The molecule has 0 aromatic heterocycles. The molecule has 1 atom stereocenters. The third-order valence-electron chi connectivity index (χ3n) is 3.32. The van der Waals surface area contributed by atoms with Crippen LogP contribution in [0.5, 0.6) is 5.75 Å². The van der Waals surface area contributed by atoms with Gasteiger partial charge in [-0.2, -0.15) is 17.6 Å². The van der Waals surface area contributed by atoms with Crippen LogP contribution in [-0.2, 0) is 15.1 Å². The summed E-state index contributed by atoms with van der Waals surface area (Å²) >= 11 is 0. The van der Waals surface area contributed by atoms with Crippen molar-refractivity contribution in [2.45, 2.75) is 30.8 Å². The van der Waals surface area contributed by atoms with E-state index in [1.165, 1.54) is 24.3 Å². The van der Waals surface area contributed by atoms with Crippen LogP contribution in [0.15, 0.2) is 24.3 Å². The quantitative estimate of drug-likeness (QED) is 0.618. The molecule has 2 rings (SSSR count). The fourth-order valence-electron chi connectivity index (χ4n) is 2.26. The molecule has 0 amide bonds. The second kappa shape index (κ2) is 4.64. The molecule has 0 aliphatic heterocycles. The Morgan fingerprint density at radius 2 is 1.80 bits per heavy atom. The van der Waals surface area contributed by atoms with Crippen molar-refractivity contribution in [3.63, 3.8) is 0 Å². The van der Waals surface area contributed by atoms with Crippen LogP contribution in [0, 0.1) is 0 Å². The van der Waals surface area contributed by atoms with E-state index in [0.29, 0.717) is 12.4 Å². The van der Waals surface area contributed by atoms with Gasteiger partial charge in [0.1, 0.15) is 5.75 Å². The lowest BCUT2D eigenvalue weighted by Gasteiger charge is -2.52.